The molecule has 1 rings (SSSR count). The van der Waals surface area contributed by atoms with E-state index in [1.54, 1.807) is 7.11 Å². The van der Waals surface area contributed by atoms with Gasteiger partial charge in [0.1, 0.15) is 5.75 Å². The van der Waals surface area contributed by atoms with Crippen molar-refractivity contribution in [3.63, 3.8) is 0 Å². The Morgan fingerprint density at radius 1 is 1.25 bits per heavy atom. The molecule has 0 atom stereocenters. The van der Waals surface area contributed by atoms with Crippen LogP contribution in [0.15, 0.2) is 6.07 Å². The Morgan fingerprint density at radius 3 is 2.25 bits per heavy atom. The van der Waals surface area contributed by atoms with Crippen LogP contribution in [0, 0.1) is 20.8 Å². The summed E-state index contributed by atoms with van der Waals surface area (Å²) in [6.45, 7) is 5.63. The van der Waals surface area contributed by atoms with Crippen LogP contribution in [0.3, 0.4) is 0 Å². The van der Waals surface area contributed by atoms with Crippen molar-refractivity contribution >= 4 is 19.7 Å². The number of hydrogen-bond acceptors (Lipinski definition) is 3. The molecule has 0 bridgehead atoms. The average Bonchev–Trinajstić information content (AvgIpc) is 2.17. The fraction of sp³-hybridized carbons (Fsp3) is 0.455. The van der Waals surface area contributed by atoms with Gasteiger partial charge >= 0.3 is 0 Å². The Kier molecular flexibility index (Phi) is 3.86. The van der Waals surface area contributed by atoms with E-state index in [4.69, 9.17) is 15.4 Å². The normalized spacial score (nSPS) is 11.6. The van der Waals surface area contributed by atoms with E-state index < -0.39 is 9.05 Å². The highest BCUT2D eigenvalue weighted by molar-refractivity contribution is 8.13. The molecular formula is C11H15ClO3S. The van der Waals surface area contributed by atoms with Crippen LogP contribution in [-0.2, 0) is 14.8 Å². The highest BCUT2D eigenvalue weighted by Gasteiger charge is 2.15. The van der Waals surface area contributed by atoms with Crippen LogP contribution in [0.4, 0.5) is 0 Å². The molecule has 0 fully saturated rings. The van der Waals surface area contributed by atoms with Gasteiger partial charge in [-0.3, -0.25) is 0 Å². The topological polar surface area (TPSA) is 43.4 Å². The van der Waals surface area contributed by atoms with Crippen molar-refractivity contribution in [3.05, 3.63) is 28.3 Å². The molecule has 0 spiro atoms. The third-order valence-corrected chi connectivity index (χ3v) is 3.71. The molecule has 0 aliphatic rings. The van der Waals surface area contributed by atoms with Crippen LogP contribution in [0.5, 0.6) is 5.75 Å². The SMILES string of the molecule is COc1cc(C)c(CS(=O)(=O)Cl)c(C)c1C. The van der Waals surface area contributed by atoms with Crippen molar-refractivity contribution in [2.75, 3.05) is 7.11 Å². The third kappa shape index (κ3) is 2.89. The van der Waals surface area contributed by atoms with Gasteiger partial charge in [-0.2, -0.15) is 0 Å². The van der Waals surface area contributed by atoms with Gasteiger partial charge in [0.2, 0.25) is 9.05 Å². The molecule has 0 N–H and O–H groups in total. The van der Waals surface area contributed by atoms with Crippen LogP contribution in [0.25, 0.3) is 0 Å². The maximum Gasteiger partial charge on any atom is 0.236 e. The molecule has 5 heteroatoms. The Balaban J connectivity index is 3.37. The maximum absolute atomic E-state index is 11.1. The van der Waals surface area contributed by atoms with E-state index in [9.17, 15) is 8.42 Å². The average molecular weight is 263 g/mol. The van der Waals surface area contributed by atoms with E-state index in [0.717, 1.165) is 28.0 Å². The van der Waals surface area contributed by atoms with Crippen molar-refractivity contribution in [1.29, 1.82) is 0 Å². The van der Waals surface area contributed by atoms with Crippen LogP contribution >= 0.6 is 10.7 Å². The third-order valence-electron chi connectivity index (χ3n) is 2.75. The summed E-state index contributed by atoms with van der Waals surface area (Å²) < 4.78 is 27.4. The van der Waals surface area contributed by atoms with E-state index in [-0.39, 0.29) is 5.75 Å². The van der Waals surface area contributed by atoms with E-state index in [1.165, 1.54) is 0 Å². The zero-order valence-corrected chi connectivity index (χ0v) is 11.4. The second kappa shape index (κ2) is 4.63. The van der Waals surface area contributed by atoms with Gasteiger partial charge in [-0.15, -0.1) is 0 Å². The van der Waals surface area contributed by atoms with Crippen molar-refractivity contribution in [1.82, 2.24) is 0 Å². The molecule has 0 aliphatic heterocycles. The minimum absolute atomic E-state index is 0.142. The smallest absolute Gasteiger partial charge is 0.236 e. The number of benzene rings is 1. The van der Waals surface area contributed by atoms with Gasteiger partial charge in [-0.05, 0) is 49.1 Å². The monoisotopic (exact) mass is 262 g/mol. The number of aryl methyl sites for hydroxylation is 1. The summed E-state index contributed by atoms with van der Waals surface area (Å²) in [6, 6.07) is 1.83. The number of rotatable bonds is 3. The van der Waals surface area contributed by atoms with Crippen LogP contribution < -0.4 is 4.74 Å². The van der Waals surface area contributed by atoms with Crippen molar-refractivity contribution in [2.45, 2.75) is 26.5 Å². The van der Waals surface area contributed by atoms with Crippen LogP contribution in [0.1, 0.15) is 22.3 Å². The number of ether oxygens (including phenoxy) is 1. The standard InChI is InChI=1S/C11H15ClO3S/c1-7-5-11(15-4)9(3)8(2)10(7)6-16(12,13)14/h5H,6H2,1-4H3. The van der Waals surface area contributed by atoms with Gasteiger partial charge < -0.3 is 4.74 Å². The van der Waals surface area contributed by atoms with Crippen molar-refractivity contribution < 1.29 is 13.2 Å². The summed E-state index contributed by atoms with van der Waals surface area (Å²) in [5.74, 6) is 0.627. The molecule has 0 heterocycles. The summed E-state index contributed by atoms with van der Waals surface area (Å²) in [4.78, 5) is 0. The molecule has 0 saturated heterocycles. The highest BCUT2D eigenvalue weighted by atomic mass is 35.7. The van der Waals surface area contributed by atoms with Gasteiger partial charge in [0.05, 0.1) is 12.9 Å². The Labute approximate surface area is 101 Å². The lowest BCUT2D eigenvalue weighted by molar-refractivity contribution is 0.410. The molecule has 0 aliphatic carbocycles. The minimum atomic E-state index is -3.53. The van der Waals surface area contributed by atoms with Crippen LogP contribution in [0.2, 0.25) is 0 Å². The van der Waals surface area contributed by atoms with Gasteiger partial charge in [-0.25, -0.2) is 8.42 Å². The van der Waals surface area contributed by atoms with Gasteiger partial charge in [0, 0.05) is 10.7 Å². The number of halogens is 1. The van der Waals surface area contributed by atoms with E-state index in [1.807, 2.05) is 26.8 Å². The summed E-state index contributed by atoms with van der Waals surface area (Å²) in [5.41, 5.74) is 3.50. The predicted molar refractivity (Wildman–Crippen MR) is 65.7 cm³/mol. The molecule has 0 radical (unpaired) electrons. The molecule has 90 valence electrons. The van der Waals surface area contributed by atoms with Crippen LogP contribution in [-0.4, -0.2) is 15.5 Å². The Bertz CT molecular complexity index is 506. The lowest BCUT2D eigenvalue weighted by Crippen LogP contribution is -2.03. The Hall–Kier alpha value is -0.740. The largest absolute Gasteiger partial charge is 0.496 e. The lowest BCUT2D eigenvalue weighted by atomic mass is 9.99. The van der Waals surface area contributed by atoms with Gasteiger partial charge in [0.15, 0.2) is 0 Å². The van der Waals surface area contributed by atoms with E-state index in [0.29, 0.717) is 0 Å². The van der Waals surface area contributed by atoms with Crippen molar-refractivity contribution in [3.8, 4) is 5.75 Å². The first-order valence-electron chi connectivity index (χ1n) is 4.82. The first kappa shape index (κ1) is 13.3. The second-order valence-electron chi connectivity index (χ2n) is 3.81. The van der Waals surface area contributed by atoms with Gasteiger partial charge in [0.25, 0.3) is 0 Å². The summed E-state index contributed by atoms with van der Waals surface area (Å²) in [7, 11) is 3.35. The molecule has 0 saturated carbocycles. The van der Waals surface area contributed by atoms with Crippen molar-refractivity contribution in [2.24, 2.45) is 0 Å². The fourth-order valence-corrected chi connectivity index (χ4v) is 2.82. The van der Waals surface area contributed by atoms with E-state index in [2.05, 4.69) is 0 Å². The lowest BCUT2D eigenvalue weighted by Gasteiger charge is -2.14. The van der Waals surface area contributed by atoms with Gasteiger partial charge in [-0.1, -0.05) is 0 Å². The second-order valence-corrected chi connectivity index (χ2v) is 6.58. The first-order valence-corrected chi connectivity index (χ1v) is 7.30. The number of hydrogen-bond donors (Lipinski definition) is 0. The highest BCUT2D eigenvalue weighted by Crippen LogP contribution is 2.29. The fourth-order valence-electron chi connectivity index (χ4n) is 1.71. The minimum Gasteiger partial charge on any atom is -0.496 e. The summed E-state index contributed by atoms with van der Waals surface area (Å²) >= 11 is 0. The molecule has 1 aromatic carbocycles. The molecule has 16 heavy (non-hydrogen) atoms. The molecule has 1 aromatic rings. The molecule has 0 aromatic heterocycles. The first-order chi connectivity index (χ1) is 7.26. The molecule has 0 unspecified atom stereocenters. The maximum atomic E-state index is 11.1. The molecule has 0 amide bonds. The predicted octanol–water partition coefficient (Wildman–Crippen LogP) is 2.69. The molecule has 3 nitrogen and oxygen atoms in total. The van der Waals surface area contributed by atoms with E-state index >= 15 is 0 Å². The summed E-state index contributed by atoms with van der Waals surface area (Å²) in [5, 5.41) is 0. The summed E-state index contributed by atoms with van der Waals surface area (Å²) in [6.07, 6.45) is 0. The zero-order valence-electron chi connectivity index (χ0n) is 9.80. The quantitative estimate of drug-likeness (QED) is 0.787. The zero-order chi connectivity index (χ0) is 12.5. The Morgan fingerprint density at radius 2 is 1.81 bits per heavy atom. The number of methoxy groups -OCH3 is 1. The molecular weight excluding hydrogens is 248 g/mol.